The largest absolute Gasteiger partial charge is 0.493 e. The lowest BCUT2D eigenvalue weighted by molar-refractivity contribution is 0.299. The highest BCUT2D eigenvalue weighted by molar-refractivity contribution is 7.89. The van der Waals surface area contributed by atoms with E-state index in [9.17, 15) is 8.42 Å². The lowest BCUT2D eigenvalue weighted by Gasteiger charge is -2.19. The van der Waals surface area contributed by atoms with Gasteiger partial charge in [-0.25, -0.2) is 13.1 Å². The third-order valence-electron chi connectivity index (χ3n) is 4.94. The van der Waals surface area contributed by atoms with E-state index in [1.54, 1.807) is 0 Å². The molecule has 3 rings (SSSR count). The number of hydrogen-bond donors (Lipinski definition) is 1. The van der Waals surface area contributed by atoms with Crippen LogP contribution in [0.4, 0.5) is 0 Å². The summed E-state index contributed by atoms with van der Waals surface area (Å²) in [6, 6.07) is 7.94. The molecule has 1 aromatic rings. The van der Waals surface area contributed by atoms with Gasteiger partial charge in [0, 0.05) is 0 Å². The third kappa shape index (κ3) is 4.96. The molecule has 0 saturated heterocycles. The molecule has 0 bridgehead atoms. The van der Waals surface area contributed by atoms with Crippen LogP contribution in [-0.4, -0.2) is 20.8 Å². The fourth-order valence-electron chi connectivity index (χ4n) is 3.02. The molecule has 24 heavy (non-hydrogen) atoms. The van der Waals surface area contributed by atoms with E-state index < -0.39 is 15.6 Å². The molecule has 0 amide bonds. The summed E-state index contributed by atoms with van der Waals surface area (Å²) in [5.41, 5.74) is 0.635. The van der Waals surface area contributed by atoms with E-state index in [1.165, 1.54) is 12.8 Å². The number of hydrogen-bond acceptors (Lipinski definition) is 3. The highest BCUT2D eigenvalue weighted by Crippen LogP contribution is 2.47. The molecule has 2 fully saturated rings. The molecule has 1 aromatic carbocycles. The maximum atomic E-state index is 12.4. The number of benzene rings is 1. The fraction of sp³-hybridized carbons (Fsp3) is 0.684. The molecule has 0 aromatic heterocycles. The molecule has 2 aliphatic carbocycles. The molecular weight excluding hydrogens is 322 g/mol. The molecule has 0 radical (unpaired) electrons. The molecule has 1 N–H and O–H groups in total. The number of rotatable bonds is 11. The smallest absolute Gasteiger partial charge is 0.212 e. The molecule has 134 valence electrons. The Morgan fingerprint density at radius 1 is 1.21 bits per heavy atom. The van der Waals surface area contributed by atoms with Gasteiger partial charge in [0.25, 0.3) is 0 Å². The first-order valence-corrected chi connectivity index (χ1v) is 10.9. The topological polar surface area (TPSA) is 55.4 Å². The van der Waals surface area contributed by atoms with Crippen molar-refractivity contribution in [2.24, 2.45) is 5.92 Å². The highest BCUT2D eigenvalue weighted by Gasteiger charge is 2.47. The fourth-order valence-corrected chi connectivity index (χ4v) is 4.63. The van der Waals surface area contributed by atoms with Crippen LogP contribution in [-0.2, 0) is 15.6 Å². The van der Waals surface area contributed by atoms with Crippen molar-refractivity contribution in [3.63, 3.8) is 0 Å². The van der Waals surface area contributed by atoms with E-state index in [1.807, 2.05) is 24.3 Å². The molecule has 5 heteroatoms. The van der Waals surface area contributed by atoms with Gasteiger partial charge in [0.15, 0.2) is 0 Å². The Balaban J connectivity index is 1.59. The quantitative estimate of drug-likeness (QED) is 0.614. The Hall–Kier alpha value is -1.07. The SMILES string of the molecule is CCCCCCS(=O)(=O)NC1(c2cccc(OCC3CC3)c2)CC1. The summed E-state index contributed by atoms with van der Waals surface area (Å²) in [5, 5.41) is 0. The van der Waals surface area contributed by atoms with Gasteiger partial charge in [-0.3, -0.25) is 0 Å². The standard InChI is InChI=1S/C19H29NO3S/c1-2-3-4-5-13-24(21,22)20-19(11-12-19)17-7-6-8-18(14-17)23-15-16-9-10-16/h6-8,14,16,20H,2-5,9-13,15H2,1H3. The van der Waals surface area contributed by atoms with Gasteiger partial charge in [0.2, 0.25) is 10.0 Å². The maximum absolute atomic E-state index is 12.4. The van der Waals surface area contributed by atoms with Crippen LogP contribution >= 0.6 is 0 Å². The van der Waals surface area contributed by atoms with Crippen LogP contribution in [0.3, 0.4) is 0 Å². The summed E-state index contributed by atoms with van der Waals surface area (Å²) in [4.78, 5) is 0. The first kappa shape index (κ1) is 17.7. The average Bonchev–Trinajstić information content (AvgIpc) is 3.46. The predicted molar refractivity (Wildman–Crippen MR) is 96.6 cm³/mol. The van der Waals surface area contributed by atoms with E-state index in [0.717, 1.165) is 56.4 Å². The van der Waals surface area contributed by atoms with Gasteiger partial charge in [-0.1, -0.05) is 38.3 Å². The average molecular weight is 352 g/mol. The molecule has 2 aliphatic rings. The number of nitrogens with one attached hydrogen (secondary N) is 1. The molecule has 0 unspecified atom stereocenters. The van der Waals surface area contributed by atoms with E-state index in [-0.39, 0.29) is 5.75 Å². The van der Waals surface area contributed by atoms with Gasteiger partial charge in [0.05, 0.1) is 17.9 Å². The van der Waals surface area contributed by atoms with Gasteiger partial charge >= 0.3 is 0 Å². The molecule has 0 heterocycles. The molecular formula is C19H29NO3S. The number of sulfonamides is 1. The second-order valence-corrected chi connectivity index (χ2v) is 9.19. The van der Waals surface area contributed by atoms with Gasteiger partial charge in [0.1, 0.15) is 5.75 Å². The Morgan fingerprint density at radius 3 is 2.67 bits per heavy atom. The Morgan fingerprint density at radius 2 is 2.00 bits per heavy atom. The van der Waals surface area contributed by atoms with Gasteiger partial charge in [-0.15, -0.1) is 0 Å². The summed E-state index contributed by atoms with van der Waals surface area (Å²) in [7, 11) is -3.22. The lowest BCUT2D eigenvalue weighted by Crippen LogP contribution is -2.36. The first-order valence-electron chi connectivity index (χ1n) is 9.28. The van der Waals surface area contributed by atoms with Crippen LogP contribution in [0.25, 0.3) is 0 Å². The monoisotopic (exact) mass is 351 g/mol. The van der Waals surface area contributed by atoms with Crippen LogP contribution in [0, 0.1) is 5.92 Å². The normalized spacial score (nSPS) is 19.2. The minimum atomic E-state index is -3.22. The molecule has 0 atom stereocenters. The van der Waals surface area contributed by atoms with Crippen molar-refractivity contribution >= 4 is 10.0 Å². The lowest BCUT2D eigenvalue weighted by atomic mass is 10.1. The van der Waals surface area contributed by atoms with Crippen LogP contribution in [0.15, 0.2) is 24.3 Å². The van der Waals surface area contributed by atoms with E-state index >= 15 is 0 Å². The highest BCUT2D eigenvalue weighted by atomic mass is 32.2. The van der Waals surface area contributed by atoms with Gasteiger partial charge in [-0.2, -0.15) is 0 Å². The van der Waals surface area contributed by atoms with Crippen LogP contribution < -0.4 is 9.46 Å². The van der Waals surface area contributed by atoms with Crippen LogP contribution in [0.5, 0.6) is 5.75 Å². The van der Waals surface area contributed by atoms with E-state index in [2.05, 4.69) is 11.6 Å². The number of ether oxygens (including phenoxy) is 1. The molecule has 4 nitrogen and oxygen atoms in total. The zero-order chi connectivity index (χ0) is 17.0. The second kappa shape index (κ2) is 7.44. The minimum Gasteiger partial charge on any atom is -0.493 e. The van der Waals surface area contributed by atoms with Gasteiger partial charge < -0.3 is 4.74 Å². The van der Waals surface area contributed by atoms with E-state index in [4.69, 9.17) is 4.74 Å². The zero-order valence-corrected chi connectivity index (χ0v) is 15.4. The van der Waals surface area contributed by atoms with E-state index in [0.29, 0.717) is 5.92 Å². The first-order chi connectivity index (χ1) is 11.5. The van der Waals surface area contributed by atoms with Crippen molar-refractivity contribution in [3.8, 4) is 5.75 Å². The molecule has 2 saturated carbocycles. The maximum Gasteiger partial charge on any atom is 0.212 e. The number of unbranched alkanes of at least 4 members (excludes halogenated alkanes) is 3. The second-order valence-electron chi connectivity index (χ2n) is 7.35. The van der Waals surface area contributed by atoms with Crippen molar-refractivity contribution in [1.82, 2.24) is 4.72 Å². The van der Waals surface area contributed by atoms with Crippen molar-refractivity contribution in [1.29, 1.82) is 0 Å². The van der Waals surface area contributed by atoms with Crippen LogP contribution in [0.2, 0.25) is 0 Å². The third-order valence-corrected chi connectivity index (χ3v) is 6.46. The van der Waals surface area contributed by atoms with Crippen molar-refractivity contribution < 1.29 is 13.2 Å². The summed E-state index contributed by atoms with van der Waals surface area (Å²) < 4.78 is 33.6. The summed E-state index contributed by atoms with van der Waals surface area (Å²) in [5.74, 6) is 1.80. The van der Waals surface area contributed by atoms with Crippen LogP contribution in [0.1, 0.15) is 63.9 Å². The Bertz CT molecular complexity index is 648. The summed E-state index contributed by atoms with van der Waals surface area (Å²) in [6.45, 7) is 2.91. The molecule has 0 aliphatic heterocycles. The van der Waals surface area contributed by atoms with Gasteiger partial charge in [-0.05, 0) is 55.7 Å². The minimum absolute atomic E-state index is 0.229. The molecule has 0 spiro atoms. The Kier molecular flexibility index (Phi) is 5.50. The summed E-state index contributed by atoms with van der Waals surface area (Å²) >= 11 is 0. The van der Waals surface area contributed by atoms with Crippen molar-refractivity contribution in [2.45, 2.75) is 63.8 Å². The summed E-state index contributed by atoms with van der Waals surface area (Å²) in [6.07, 6.45) is 8.20. The van der Waals surface area contributed by atoms with Crippen molar-refractivity contribution in [2.75, 3.05) is 12.4 Å². The van der Waals surface area contributed by atoms with Crippen molar-refractivity contribution in [3.05, 3.63) is 29.8 Å². The predicted octanol–water partition coefficient (Wildman–Crippen LogP) is 3.96. The zero-order valence-electron chi connectivity index (χ0n) is 14.6. The Labute approximate surface area is 146 Å².